The highest BCUT2D eigenvalue weighted by atomic mass is 16.6. The molecule has 236 valence electrons. The first-order valence-corrected chi connectivity index (χ1v) is 16.2. The number of para-hydroxylation sites is 2. The highest BCUT2D eigenvalue weighted by Crippen LogP contribution is 2.27. The molecule has 0 spiro atoms. The van der Waals surface area contributed by atoms with Crippen LogP contribution < -0.4 is 10.1 Å². The van der Waals surface area contributed by atoms with E-state index in [9.17, 15) is 14.4 Å². The molecule has 7 heteroatoms. The van der Waals surface area contributed by atoms with Gasteiger partial charge in [-0.05, 0) is 55.5 Å². The lowest BCUT2D eigenvalue weighted by Gasteiger charge is -2.14. The van der Waals surface area contributed by atoms with Gasteiger partial charge in [-0.3, -0.25) is 4.79 Å². The molecule has 0 bridgehead atoms. The third kappa shape index (κ3) is 14.9. The summed E-state index contributed by atoms with van der Waals surface area (Å²) in [7, 11) is 0. The third-order valence-corrected chi connectivity index (χ3v) is 7.06. The van der Waals surface area contributed by atoms with E-state index < -0.39 is 11.9 Å². The number of unbranched alkanes of at least 4 members (excludes halogenated alkanes) is 10. The molecule has 0 heterocycles. The van der Waals surface area contributed by atoms with Crippen LogP contribution in [0.2, 0.25) is 0 Å². The lowest BCUT2D eigenvalue weighted by atomic mass is 10.0. The lowest BCUT2D eigenvalue weighted by molar-refractivity contribution is -0.143. The van der Waals surface area contributed by atoms with Crippen LogP contribution in [0.4, 0.5) is 5.69 Å². The van der Waals surface area contributed by atoms with E-state index in [0.29, 0.717) is 11.3 Å². The Morgan fingerprint density at radius 1 is 0.674 bits per heavy atom. The minimum atomic E-state index is -0.758. The van der Waals surface area contributed by atoms with E-state index in [2.05, 4.69) is 26.1 Å². The fraction of sp³-hybridized carbons (Fsp3) is 0.528. The summed E-state index contributed by atoms with van der Waals surface area (Å²) >= 11 is 0. The van der Waals surface area contributed by atoms with E-state index in [0.717, 1.165) is 70.3 Å². The molecule has 0 unspecified atom stereocenters. The summed E-state index contributed by atoms with van der Waals surface area (Å²) < 4.78 is 16.6. The average molecular weight is 594 g/mol. The number of ether oxygens (including phenoxy) is 3. The molecule has 0 saturated heterocycles. The maximum absolute atomic E-state index is 13.1. The van der Waals surface area contributed by atoms with Crippen molar-refractivity contribution < 1.29 is 28.6 Å². The van der Waals surface area contributed by atoms with Gasteiger partial charge in [0.2, 0.25) is 5.76 Å². The summed E-state index contributed by atoms with van der Waals surface area (Å²) in [5.41, 5.74) is 2.08. The van der Waals surface area contributed by atoms with Crippen molar-refractivity contribution in [2.45, 2.75) is 111 Å². The van der Waals surface area contributed by atoms with Gasteiger partial charge in [0.15, 0.2) is 5.75 Å². The molecule has 7 nitrogen and oxygen atoms in total. The molecule has 0 aromatic heterocycles. The summed E-state index contributed by atoms with van der Waals surface area (Å²) in [6, 6.07) is 14.4. The van der Waals surface area contributed by atoms with Crippen molar-refractivity contribution in [3.63, 3.8) is 0 Å². The van der Waals surface area contributed by atoms with Gasteiger partial charge >= 0.3 is 11.9 Å². The Morgan fingerprint density at radius 3 is 1.91 bits per heavy atom. The van der Waals surface area contributed by atoms with Crippen LogP contribution in [0.3, 0.4) is 0 Å². The minimum absolute atomic E-state index is 0.212. The van der Waals surface area contributed by atoms with Crippen LogP contribution in [-0.4, -0.2) is 31.1 Å². The van der Waals surface area contributed by atoms with E-state index in [1.54, 1.807) is 24.3 Å². The molecule has 0 saturated carbocycles. The van der Waals surface area contributed by atoms with Crippen molar-refractivity contribution in [3.8, 4) is 5.75 Å². The topological polar surface area (TPSA) is 90.9 Å². The first-order chi connectivity index (χ1) is 21.0. The molecule has 0 radical (unpaired) electrons. The Morgan fingerprint density at radius 2 is 1.26 bits per heavy atom. The van der Waals surface area contributed by atoms with E-state index in [1.807, 2.05) is 24.3 Å². The highest BCUT2D eigenvalue weighted by Gasteiger charge is 2.19. The van der Waals surface area contributed by atoms with Gasteiger partial charge in [-0.25, -0.2) is 9.59 Å². The molecule has 0 fully saturated rings. The van der Waals surface area contributed by atoms with Crippen LogP contribution in [0.15, 0.2) is 60.4 Å². The van der Waals surface area contributed by atoms with Crippen molar-refractivity contribution in [3.05, 3.63) is 71.5 Å². The fourth-order valence-corrected chi connectivity index (χ4v) is 4.47. The van der Waals surface area contributed by atoms with Gasteiger partial charge in [0, 0.05) is 5.56 Å². The predicted molar refractivity (Wildman–Crippen MR) is 172 cm³/mol. The van der Waals surface area contributed by atoms with Crippen molar-refractivity contribution in [2.24, 2.45) is 0 Å². The average Bonchev–Trinajstić information content (AvgIpc) is 3.01. The Balaban J connectivity index is 2.09. The van der Waals surface area contributed by atoms with E-state index in [1.165, 1.54) is 31.2 Å². The van der Waals surface area contributed by atoms with Crippen molar-refractivity contribution in [2.75, 3.05) is 18.5 Å². The number of rotatable bonds is 22. The zero-order valence-corrected chi connectivity index (χ0v) is 26.5. The lowest BCUT2D eigenvalue weighted by Crippen LogP contribution is -2.18. The Bertz CT molecular complexity index is 1120. The van der Waals surface area contributed by atoms with Gasteiger partial charge in [0.1, 0.15) is 0 Å². The van der Waals surface area contributed by atoms with Crippen LogP contribution in [0.25, 0.3) is 0 Å². The predicted octanol–water partition coefficient (Wildman–Crippen LogP) is 8.96. The summed E-state index contributed by atoms with van der Waals surface area (Å²) in [6.07, 6.45) is 15.8. The van der Waals surface area contributed by atoms with Gasteiger partial charge in [0.05, 0.1) is 25.0 Å². The molecule has 43 heavy (non-hydrogen) atoms. The molecule has 2 aromatic carbocycles. The number of hydrogen-bond acceptors (Lipinski definition) is 6. The number of nitrogens with one attached hydrogen (secondary N) is 1. The molecule has 0 aliphatic carbocycles. The standard InChI is InChI=1S/C36H51NO6/c1-4-7-10-13-14-19-29-22-24-30(25-23-29)35(39)37-31-20-15-16-21-32(31)43-33(36(40)42-27-18-12-9-6-3)28-34(38)41-26-17-11-8-5-2/h15-16,20-25,28H,4-14,17-19,26-27H2,1-3H3,(H,37,39)/b33-28+. The summed E-state index contributed by atoms with van der Waals surface area (Å²) in [4.78, 5) is 38.5. The molecule has 2 aromatic rings. The Kier molecular flexibility index (Phi) is 18.2. The first kappa shape index (κ1) is 35.6. The fourth-order valence-electron chi connectivity index (χ4n) is 4.47. The summed E-state index contributed by atoms with van der Waals surface area (Å²) in [6.45, 7) is 6.91. The summed E-state index contributed by atoms with van der Waals surface area (Å²) in [5.74, 6) is -1.82. The molecule has 2 rings (SSSR count). The summed E-state index contributed by atoms with van der Waals surface area (Å²) in [5, 5.41) is 2.87. The van der Waals surface area contributed by atoms with Crippen LogP contribution in [0.1, 0.15) is 120 Å². The zero-order chi connectivity index (χ0) is 31.1. The molecule has 0 aliphatic rings. The molecule has 0 aliphatic heterocycles. The van der Waals surface area contributed by atoms with Crippen LogP contribution in [0.5, 0.6) is 5.75 Å². The smallest absolute Gasteiger partial charge is 0.374 e. The minimum Gasteiger partial charge on any atom is -0.462 e. The highest BCUT2D eigenvalue weighted by molar-refractivity contribution is 6.05. The van der Waals surface area contributed by atoms with Crippen LogP contribution >= 0.6 is 0 Å². The molecular weight excluding hydrogens is 542 g/mol. The molecular formula is C36H51NO6. The second kappa shape index (κ2) is 22.0. The number of aryl methyl sites for hydroxylation is 1. The Labute approximate surface area is 258 Å². The SMILES string of the molecule is CCCCCCCc1ccc(C(=O)Nc2ccccc2O/C(=C/C(=O)OCCCCCC)C(=O)OCCCCCC)cc1. The zero-order valence-electron chi connectivity index (χ0n) is 26.5. The van der Waals surface area contributed by atoms with E-state index in [4.69, 9.17) is 14.2 Å². The maximum Gasteiger partial charge on any atom is 0.374 e. The van der Waals surface area contributed by atoms with Crippen molar-refractivity contribution in [1.29, 1.82) is 0 Å². The first-order valence-electron chi connectivity index (χ1n) is 16.2. The number of amides is 1. The second-order valence-electron chi connectivity index (χ2n) is 10.8. The molecule has 1 N–H and O–H groups in total. The second-order valence-corrected chi connectivity index (χ2v) is 10.8. The number of carbonyl (C=O) groups is 3. The molecule has 0 atom stereocenters. The van der Waals surface area contributed by atoms with Gasteiger partial charge in [0.25, 0.3) is 5.91 Å². The van der Waals surface area contributed by atoms with Gasteiger partial charge in [-0.1, -0.05) is 109 Å². The number of benzene rings is 2. The number of esters is 2. The Hall–Kier alpha value is -3.61. The van der Waals surface area contributed by atoms with Gasteiger partial charge in [-0.15, -0.1) is 0 Å². The largest absolute Gasteiger partial charge is 0.462 e. The number of carbonyl (C=O) groups excluding carboxylic acids is 3. The van der Waals surface area contributed by atoms with E-state index >= 15 is 0 Å². The number of anilines is 1. The van der Waals surface area contributed by atoms with Crippen molar-refractivity contribution in [1.82, 2.24) is 0 Å². The van der Waals surface area contributed by atoms with Gasteiger partial charge < -0.3 is 19.5 Å². The van der Waals surface area contributed by atoms with Crippen molar-refractivity contribution >= 4 is 23.5 Å². The quantitative estimate of drug-likeness (QED) is 0.0634. The molecule has 1 amide bonds. The van der Waals surface area contributed by atoms with Gasteiger partial charge in [-0.2, -0.15) is 0 Å². The van der Waals surface area contributed by atoms with E-state index in [-0.39, 0.29) is 30.6 Å². The third-order valence-electron chi connectivity index (χ3n) is 7.06. The monoisotopic (exact) mass is 593 g/mol. The van der Waals surface area contributed by atoms with Crippen LogP contribution in [0, 0.1) is 0 Å². The normalized spacial score (nSPS) is 11.2. The number of hydrogen-bond donors (Lipinski definition) is 1. The van der Waals surface area contributed by atoms with Crippen LogP contribution in [-0.2, 0) is 25.5 Å². The maximum atomic E-state index is 13.1.